The summed E-state index contributed by atoms with van der Waals surface area (Å²) in [6.45, 7) is 0. The van der Waals surface area contributed by atoms with Gasteiger partial charge in [0.1, 0.15) is 0 Å². The molecule has 14 heavy (non-hydrogen) atoms. The van der Waals surface area contributed by atoms with Gasteiger partial charge in [-0.2, -0.15) is 0 Å². The zero-order valence-corrected chi connectivity index (χ0v) is 7.92. The topological polar surface area (TPSA) is 66.5 Å². The maximum absolute atomic E-state index is 9.38. The lowest BCUT2D eigenvalue weighted by molar-refractivity contribution is 0.406. The second-order valence-electron chi connectivity index (χ2n) is 3.02. The first-order valence-corrected chi connectivity index (χ1v) is 4.37. The Labute approximate surface area is 85.3 Å². The molecule has 0 aliphatic heterocycles. The summed E-state index contributed by atoms with van der Waals surface area (Å²) < 4.78 is 0. The van der Waals surface area contributed by atoms with Gasteiger partial charge in [-0.15, -0.1) is 0 Å². The predicted octanol–water partition coefficient (Wildman–Crippen LogP) is 2.49. The van der Waals surface area contributed by atoms with E-state index in [1.807, 2.05) is 0 Å². The first kappa shape index (κ1) is 8.97. The van der Waals surface area contributed by atoms with Crippen LogP contribution in [0.1, 0.15) is 0 Å². The van der Waals surface area contributed by atoms with Crippen molar-refractivity contribution in [2.45, 2.75) is 0 Å². The highest BCUT2D eigenvalue weighted by molar-refractivity contribution is 6.31. The number of nitrogens with two attached hydrogens (primary N) is 1. The van der Waals surface area contributed by atoms with E-state index in [0.29, 0.717) is 10.4 Å². The summed E-state index contributed by atoms with van der Waals surface area (Å²) in [6, 6.07) is 6.51. The van der Waals surface area contributed by atoms with Crippen molar-refractivity contribution in [3.8, 4) is 11.5 Å². The fourth-order valence-electron chi connectivity index (χ4n) is 1.37. The normalized spacial score (nSPS) is 10.6. The molecule has 0 atom stereocenters. The van der Waals surface area contributed by atoms with Gasteiger partial charge in [-0.05, 0) is 23.6 Å². The third-order valence-electron chi connectivity index (χ3n) is 2.10. The van der Waals surface area contributed by atoms with Crippen LogP contribution < -0.4 is 5.73 Å². The maximum atomic E-state index is 9.38. The van der Waals surface area contributed by atoms with Gasteiger partial charge in [-0.3, -0.25) is 0 Å². The number of hydrogen-bond acceptors (Lipinski definition) is 3. The fourth-order valence-corrected chi connectivity index (χ4v) is 1.54. The lowest BCUT2D eigenvalue weighted by Gasteiger charge is -2.06. The number of anilines is 1. The summed E-state index contributed by atoms with van der Waals surface area (Å²) in [5.74, 6) is -0.530. The SMILES string of the molecule is Nc1c(O)c(O)cc2ccc(Cl)cc12. The predicted molar refractivity (Wildman–Crippen MR) is 56.7 cm³/mol. The van der Waals surface area contributed by atoms with Gasteiger partial charge in [0.2, 0.25) is 0 Å². The van der Waals surface area contributed by atoms with Crippen LogP contribution in [-0.2, 0) is 0 Å². The van der Waals surface area contributed by atoms with Crippen molar-refractivity contribution in [3.05, 3.63) is 29.3 Å². The number of rotatable bonds is 0. The number of halogens is 1. The average molecular weight is 210 g/mol. The minimum atomic E-state index is -0.306. The average Bonchev–Trinajstić information content (AvgIpc) is 2.16. The minimum absolute atomic E-state index is 0.141. The lowest BCUT2D eigenvalue weighted by atomic mass is 10.1. The zero-order chi connectivity index (χ0) is 10.3. The third kappa shape index (κ3) is 1.22. The highest BCUT2D eigenvalue weighted by Gasteiger charge is 2.08. The first-order chi connectivity index (χ1) is 6.59. The molecule has 3 nitrogen and oxygen atoms in total. The molecule has 0 heterocycles. The number of fused-ring (bicyclic) bond motifs is 1. The van der Waals surface area contributed by atoms with Crippen LogP contribution in [-0.4, -0.2) is 10.2 Å². The van der Waals surface area contributed by atoms with Gasteiger partial charge in [0.05, 0.1) is 5.69 Å². The highest BCUT2D eigenvalue weighted by atomic mass is 35.5. The van der Waals surface area contributed by atoms with E-state index in [1.165, 1.54) is 6.07 Å². The van der Waals surface area contributed by atoms with E-state index in [9.17, 15) is 10.2 Å². The minimum Gasteiger partial charge on any atom is -0.504 e. The molecule has 0 aromatic heterocycles. The van der Waals surface area contributed by atoms with Crippen LogP contribution in [0.3, 0.4) is 0 Å². The molecule has 0 saturated heterocycles. The second kappa shape index (κ2) is 2.96. The Hall–Kier alpha value is -1.61. The number of aromatic hydroxyl groups is 2. The molecule has 4 N–H and O–H groups in total. The molecule has 0 aliphatic rings. The summed E-state index contributed by atoms with van der Waals surface area (Å²) in [6.07, 6.45) is 0. The van der Waals surface area contributed by atoms with Gasteiger partial charge < -0.3 is 15.9 Å². The third-order valence-corrected chi connectivity index (χ3v) is 2.33. The summed E-state index contributed by atoms with van der Waals surface area (Å²) >= 11 is 5.78. The number of nitrogen functional groups attached to an aromatic ring is 1. The molecule has 72 valence electrons. The first-order valence-electron chi connectivity index (χ1n) is 3.99. The Morgan fingerprint density at radius 3 is 2.57 bits per heavy atom. The van der Waals surface area contributed by atoms with Crippen LogP contribution in [0.2, 0.25) is 5.02 Å². The lowest BCUT2D eigenvalue weighted by Crippen LogP contribution is -1.88. The van der Waals surface area contributed by atoms with Gasteiger partial charge >= 0.3 is 0 Å². The molecule has 0 amide bonds. The summed E-state index contributed by atoms with van der Waals surface area (Å²) in [4.78, 5) is 0. The molecular weight excluding hydrogens is 202 g/mol. The summed E-state index contributed by atoms with van der Waals surface area (Å²) in [7, 11) is 0. The van der Waals surface area contributed by atoms with Crippen LogP contribution >= 0.6 is 11.6 Å². The Balaban J connectivity index is 2.92. The van der Waals surface area contributed by atoms with Crippen molar-refractivity contribution in [1.82, 2.24) is 0 Å². The number of hydrogen-bond donors (Lipinski definition) is 3. The standard InChI is InChI=1S/C10H8ClNO2/c11-6-2-1-5-3-8(13)10(14)9(12)7(5)4-6/h1-4,13-14H,12H2. The van der Waals surface area contributed by atoms with Gasteiger partial charge in [0, 0.05) is 10.4 Å². The molecule has 2 aromatic carbocycles. The Kier molecular flexibility index (Phi) is 1.89. The van der Waals surface area contributed by atoms with Crippen molar-refractivity contribution in [1.29, 1.82) is 0 Å². The molecule has 0 unspecified atom stereocenters. The molecule has 0 radical (unpaired) electrons. The van der Waals surface area contributed by atoms with Crippen LogP contribution in [0.4, 0.5) is 5.69 Å². The molecule has 2 aromatic rings. The van der Waals surface area contributed by atoms with Crippen LogP contribution in [0.5, 0.6) is 11.5 Å². The molecule has 0 aliphatic carbocycles. The number of phenolic OH excluding ortho intramolecular Hbond substituents is 2. The number of phenols is 2. The van der Waals surface area contributed by atoms with Crippen LogP contribution in [0.25, 0.3) is 10.8 Å². The van der Waals surface area contributed by atoms with Crippen LogP contribution in [0.15, 0.2) is 24.3 Å². The highest BCUT2D eigenvalue weighted by Crippen LogP contribution is 2.38. The van der Waals surface area contributed by atoms with Crippen molar-refractivity contribution in [3.63, 3.8) is 0 Å². The second-order valence-corrected chi connectivity index (χ2v) is 3.46. The monoisotopic (exact) mass is 209 g/mol. The largest absolute Gasteiger partial charge is 0.504 e. The summed E-state index contributed by atoms with van der Waals surface area (Å²) in [5.41, 5.74) is 5.76. The summed E-state index contributed by atoms with van der Waals surface area (Å²) in [5, 5.41) is 20.6. The maximum Gasteiger partial charge on any atom is 0.181 e. The van der Waals surface area contributed by atoms with Crippen LogP contribution in [0, 0.1) is 0 Å². The van der Waals surface area contributed by atoms with Crippen molar-refractivity contribution in [2.24, 2.45) is 0 Å². The van der Waals surface area contributed by atoms with Crippen molar-refractivity contribution < 1.29 is 10.2 Å². The van der Waals surface area contributed by atoms with Crippen molar-refractivity contribution in [2.75, 3.05) is 5.73 Å². The van der Waals surface area contributed by atoms with E-state index < -0.39 is 0 Å². The molecule has 2 rings (SSSR count). The van der Waals surface area contributed by atoms with Gasteiger partial charge in [0.25, 0.3) is 0 Å². The molecule has 0 fully saturated rings. The van der Waals surface area contributed by atoms with E-state index in [2.05, 4.69) is 0 Å². The van der Waals surface area contributed by atoms with E-state index in [4.69, 9.17) is 17.3 Å². The molecule has 0 saturated carbocycles. The van der Waals surface area contributed by atoms with Crippen molar-refractivity contribution >= 4 is 28.1 Å². The quantitative estimate of drug-likeness (QED) is 0.461. The molecule has 0 spiro atoms. The smallest absolute Gasteiger partial charge is 0.181 e. The molecule has 0 bridgehead atoms. The van der Waals surface area contributed by atoms with E-state index in [0.717, 1.165) is 5.39 Å². The molecule has 4 heteroatoms. The van der Waals surface area contributed by atoms with Gasteiger partial charge in [-0.25, -0.2) is 0 Å². The van der Waals surface area contributed by atoms with Gasteiger partial charge in [0.15, 0.2) is 11.5 Å². The Morgan fingerprint density at radius 2 is 1.86 bits per heavy atom. The number of benzene rings is 2. The zero-order valence-electron chi connectivity index (χ0n) is 7.16. The van der Waals surface area contributed by atoms with Gasteiger partial charge in [-0.1, -0.05) is 17.7 Å². The Morgan fingerprint density at radius 1 is 1.14 bits per heavy atom. The van der Waals surface area contributed by atoms with E-state index in [-0.39, 0.29) is 17.2 Å². The Bertz CT molecular complexity index is 511. The fraction of sp³-hybridized carbons (Fsp3) is 0. The van der Waals surface area contributed by atoms with E-state index >= 15 is 0 Å². The molecular formula is C10H8ClNO2. The van der Waals surface area contributed by atoms with E-state index in [1.54, 1.807) is 18.2 Å².